The zero-order valence-electron chi connectivity index (χ0n) is 8.15. The molecule has 0 saturated carbocycles. The molecular weight excluding hydrogens is 200 g/mol. The number of nitrogens with two attached hydrogens (primary N) is 2. The summed E-state index contributed by atoms with van der Waals surface area (Å²) in [5, 5.41) is 2.71. The van der Waals surface area contributed by atoms with Gasteiger partial charge in [0, 0.05) is 6.07 Å². The van der Waals surface area contributed by atoms with E-state index in [9.17, 15) is 4.79 Å². The van der Waals surface area contributed by atoms with Gasteiger partial charge in [-0.1, -0.05) is 0 Å². The van der Waals surface area contributed by atoms with Crippen molar-refractivity contribution in [1.82, 2.24) is 9.97 Å². The van der Waals surface area contributed by atoms with Crippen LogP contribution in [0.5, 0.6) is 0 Å². The van der Waals surface area contributed by atoms with E-state index >= 15 is 0 Å². The first-order valence-electron chi connectivity index (χ1n) is 4.07. The number of hydrazine groups is 1. The van der Waals surface area contributed by atoms with Crippen LogP contribution in [-0.2, 0) is 9.53 Å². The minimum Gasteiger partial charge on any atom is -0.468 e. The van der Waals surface area contributed by atoms with Gasteiger partial charge in [0.05, 0.1) is 7.11 Å². The second-order valence-electron chi connectivity index (χ2n) is 2.57. The quantitative estimate of drug-likeness (QED) is 0.282. The van der Waals surface area contributed by atoms with E-state index in [1.54, 1.807) is 0 Å². The molecule has 0 bridgehead atoms. The molecule has 0 aromatic carbocycles. The lowest BCUT2D eigenvalue weighted by atomic mass is 10.5. The van der Waals surface area contributed by atoms with Crippen molar-refractivity contribution >= 4 is 23.6 Å². The van der Waals surface area contributed by atoms with Crippen molar-refractivity contribution in [1.29, 1.82) is 0 Å². The van der Waals surface area contributed by atoms with E-state index in [0.717, 1.165) is 0 Å². The van der Waals surface area contributed by atoms with Crippen molar-refractivity contribution in [2.24, 2.45) is 5.84 Å². The van der Waals surface area contributed by atoms with Crippen LogP contribution in [0.1, 0.15) is 0 Å². The predicted octanol–water partition coefficient (Wildman–Crippen LogP) is -1.07. The van der Waals surface area contributed by atoms with Crippen molar-refractivity contribution < 1.29 is 9.53 Å². The third kappa shape index (κ3) is 3.27. The van der Waals surface area contributed by atoms with Gasteiger partial charge in [0.15, 0.2) is 0 Å². The monoisotopic (exact) mass is 212 g/mol. The summed E-state index contributed by atoms with van der Waals surface area (Å²) >= 11 is 0. The third-order valence-electron chi connectivity index (χ3n) is 1.53. The van der Waals surface area contributed by atoms with Crippen LogP contribution in [0.25, 0.3) is 0 Å². The number of nitrogen functional groups attached to an aromatic ring is 2. The van der Waals surface area contributed by atoms with Crippen LogP contribution in [0.2, 0.25) is 0 Å². The summed E-state index contributed by atoms with van der Waals surface area (Å²) in [6, 6.07) is 1.51. The molecule has 82 valence electrons. The SMILES string of the molecule is COC(=O)CNc1cc(NN)nc(N)n1. The number of aromatic nitrogens is 2. The van der Waals surface area contributed by atoms with E-state index in [0.29, 0.717) is 11.6 Å². The van der Waals surface area contributed by atoms with Gasteiger partial charge in [-0.2, -0.15) is 9.97 Å². The molecule has 0 fully saturated rings. The Hall–Kier alpha value is -2.09. The van der Waals surface area contributed by atoms with E-state index in [1.807, 2.05) is 0 Å². The summed E-state index contributed by atoms with van der Waals surface area (Å²) in [6.45, 7) is -0.00301. The highest BCUT2D eigenvalue weighted by molar-refractivity contribution is 5.74. The lowest BCUT2D eigenvalue weighted by Crippen LogP contribution is -2.17. The highest BCUT2D eigenvalue weighted by Crippen LogP contribution is 2.10. The number of hydrogen-bond acceptors (Lipinski definition) is 8. The zero-order chi connectivity index (χ0) is 11.3. The maximum absolute atomic E-state index is 10.8. The number of rotatable bonds is 4. The standard InChI is InChI=1S/C7H12N6O2/c1-15-6(14)3-10-4-2-5(13-9)12-7(8)11-4/h2H,3,9H2,1H3,(H4,8,10,11,12,13). The molecule has 0 unspecified atom stereocenters. The highest BCUT2D eigenvalue weighted by atomic mass is 16.5. The van der Waals surface area contributed by atoms with Gasteiger partial charge >= 0.3 is 5.97 Å². The molecule has 8 nitrogen and oxygen atoms in total. The second kappa shape index (κ2) is 4.96. The first-order chi connectivity index (χ1) is 7.15. The maximum Gasteiger partial charge on any atom is 0.325 e. The predicted molar refractivity (Wildman–Crippen MR) is 54.8 cm³/mol. The Morgan fingerprint density at radius 2 is 2.20 bits per heavy atom. The Morgan fingerprint density at radius 3 is 2.80 bits per heavy atom. The Bertz CT molecular complexity index is 355. The Labute approximate surface area is 86.0 Å². The van der Waals surface area contributed by atoms with Crippen molar-refractivity contribution in [3.63, 3.8) is 0 Å². The lowest BCUT2D eigenvalue weighted by Gasteiger charge is -2.06. The fraction of sp³-hybridized carbons (Fsp3) is 0.286. The second-order valence-corrected chi connectivity index (χ2v) is 2.57. The van der Waals surface area contributed by atoms with E-state index in [-0.39, 0.29) is 12.5 Å². The number of esters is 1. The van der Waals surface area contributed by atoms with Crippen molar-refractivity contribution in [2.75, 3.05) is 30.1 Å². The van der Waals surface area contributed by atoms with E-state index in [1.165, 1.54) is 13.2 Å². The molecule has 0 amide bonds. The van der Waals surface area contributed by atoms with Gasteiger partial charge in [-0.15, -0.1) is 0 Å². The summed E-state index contributed by atoms with van der Waals surface area (Å²) in [5.41, 5.74) is 7.72. The molecule has 0 aliphatic heterocycles. The summed E-state index contributed by atoms with van der Waals surface area (Å²) in [6.07, 6.45) is 0. The number of ether oxygens (including phenoxy) is 1. The molecule has 0 saturated heterocycles. The van der Waals surface area contributed by atoms with E-state index < -0.39 is 5.97 Å². The van der Waals surface area contributed by atoms with Crippen LogP contribution < -0.4 is 22.3 Å². The normalized spacial score (nSPS) is 9.47. The van der Waals surface area contributed by atoms with Gasteiger partial charge in [0.25, 0.3) is 0 Å². The number of carbonyl (C=O) groups is 1. The van der Waals surface area contributed by atoms with Crippen LogP contribution in [0, 0.1) is 0 Å². The molecule has 6 N–H and O–H groups in total. The molecular formula is C7H12N6O2. The number of nitrogens with zero attached hydrogens (tertiary/aromatic N) is 2. The van der Waals surface area contributed by atoms with Gasteiger partial charge in [-0.25, -0.2) is 5.84 Å². The van der Waals surface area contributed by atoms with Gasteiger partial charge in [-0.3, -0.25) is 4.79 Å². The number of carbonyl (C=O) groups excluding carboxylic acids is 1. The smallest absolute Gasteiger partial charge is 0.325 e. The Kier molecular flexibility index (Phi) is 3.63. The summed E-state index contributed by atoms with van der Waals surface area (Å²) in [4.78, 5) is 18.4. The molecule has 0 spiro atoms. The molecule has 0 aliphatic rings. The molecule has 1 aromatic rings. The molecule has 15 heavy (non-hydrogen) atoms. The van der Waals surface area contributed by atoms with E-state index in [4.69, 9.17) is 11.6 Å². The Balaban J connectivity index is 2.68. The first kappa shape index (κ1) is 11.0. The minimum atomic E-state index is -0.408. The average molecular weight is 212 g/mol. The summed E-state index contributed by atoms with van der Waals surface area (Å²) < 4.78 is 4.44. The van der Waals surface area contributed by atoms with Crippen LogP contribution >= 0.6 is 0 Å². The molecule has 1 rings (SSSR count). The van der Waals surface area contributed by atoms with Crippen molar-refractivity contribution in [3.8, 4) is 0 Å². The highest BCUT2D eigenvalue weighted by Gasteiger charge is 2.03. The average Bonchev–Trinajstić information content (AvgIpc) is 2.25. The van der Waals surface area contributed by atoms with E-state index in [2.05, 4.69) is 25.4 Å². The van der Waals surface area contributed by atoms with Crippen LogP contribution in [0.3, 0.4) is 0 Å². The molecule has 8 heteroatoms. The van der Waals surface area contributed by atoms with Crippen LogP contribution in [0.15, 0.2) is 6.07 Å². The third-order valence-corrected chi connectivity index (χ3v) is 1.53. The molecule has 1 heterocycles. The van der Waals surface area contributed by atoms with Gasteiger partial charge in [0.2, 0.25) is 5.95 Å². The van der Waals surface area contributed by atoms with Crippen LogP contribution in [0.4, 0.5) is 17.6 Å². The number of hydrogen-bond donors (Lipinski definition) is 4. The maximum atomic E-state index is 10.8. The molecule has 1 aromatic heterocycles. The lowest BCUT2D eigenvalue weighted by molar-refractivity contribution is -0.138. The largest absolute Gasteiger partial charge is 0.468 e. The molecule has 0 aliphatic carbocycles. The first-order valence-corrected chi connectivity index (χ1v) is 4.07. The van der Waals surface area contributed by atoms with Crippen molar-refractivity contribution in [2.45, 2.75) is 0 Å². The minimum absolute atomic E-state index is 0.00301. The molecule has 0 atom stereocenters. The van der Waals surface area contributed by atoms with Crippen molar-refractivity contribution in [3.05, 3.63) is 6.07 Å². The zero-order valence-corrected chi connectivity index (χ0v) is 8.15. The number of nitrogens with one attached hydrogen (secondary N) is 2. The van der Waals surface area contributed by atoms with Gasteiger partial charge in [-0.05, 0) is 0 Å². The fourth-order valence-corrected chi connectivity index (χ4v) is 0.865. The number of anilines is 3. The summed E-state index contributed by atoms with van der Waals surface area (Å²) in [5.74, 6) is 5.55. The van der Waals surface area contributed by atoms with Gasteiger partial charge in [0.1, 0.15) is 18.2 Å². The number of methoxy groups -OCH3 is 1. The topological polar surface area (TPSA) is 128 Å². The van der Waals surface area contributed by atoms with Crippen LogP contribution in [-0.4, -0.2) is 29.6 Å². The summed E-state index contributed by atoms with van der Waals surface area (Å²) in [7, 11) is 1.30. The fourth-order valence-electron chi connectivity index (χ4n) is 0.865. The molecule has 0 radical (unpaired) electrons. The van der Waals surface area contributed by atoms with Gasteiger partial charge < -0.3 is 21.2 Å². The Morgan fingerprint density at radius 1 is 1.53 bits per heavy atom.